The molecule has 8 nitrogen and oxygen atoms in total. The molecule has 0 unspecified atom stereocenters. The van der Waals surface area contributed by atoms with E-state index in [1.54, 1.807) is 0 Å². The lowest BCUT2D eigenvalue weighted by Gasteiger charge is -2.08. The van der Waals surface area contributed by atoms with E-state index in [4.69, 9.17) is 0 Å². The number of carbonyl (C=O) groups excluding carboxylic acids is 1. The Morgan fingerprint density at radius 2 is 2.00 bits per heavy atom. The lowest BCUT2D eigenvalue weighted by atomic mass is 10.3. The molecule has 9 heteroatoms. The van der Waals surface area contributed by atoms with Crippen LogP contribution in [0.15, 0.2) is 58.7 Å². The summed E-state index contributed by atoms with van der Waals surface area (Å²) in [5, 5.41) is 13.7. The Morgan fingerprint density at radius 3 is 2.70 bits per heavy atom. The van der Waals surface area contributed by atoms with Gasteiger partial charge in [0.15, 0.2) is 11.0 Å². The topological polar surface area (TPSA) is 100 Å². The zero-order valence-electron chi connectivity index (χ0n) is 14.7. The normalized spacial score (nSPS) is 10.9. The first kappa shape index (κ1) is 17.1. The molecular weight excluding hydrogens is 362 g/mol. The van der Waals surface area contributed by atoms with Crippen molar-refractivity contribution in [3.8, 4) is 0 Å². The van der Waals surface area contributed by atoms with Gasteiger partial charge >= 0.3 is 0 Å². The van der Waals surface area contributed by atoms with Crippen molar-refractivity contribution < 1.29 is 4.79 Å². The third-order valence-corrected chi connectivity index (χ3v) is 4.57. The Labute approximate surface area is 159 Å². The van der Waals surface area contributed by atoms with Gasteiger partial charge in [0, 0.05) is 35.5 Å². The number of aromatic nitrogens is 5. The minimum Gasteiger partial charge on any atom is -0.326 e. The second kappa shape index (κ2) is 7.12. The van der Waals surface area contributed by atoms with E-state index in [-0.39, 0.29) is 5.91 Å². The van der Waals surface area contributed by atoms with E-state index >= 15 is 0 Å². The summed E-state index contributed by atoms with van der Waals surface area (Å²) in [6, 6.07) is 13.3. The Bertz CT molecular complexity index is 1100. The van der Waals surface area contributed by atoms with Gasteiger partial charge in [-0.05, 0) is 55.1 Å². The number of aromatic amines is 1. The minimum atomic E-state index is -0.0956. The van der Waals surface area contributed by atoms with Crippen LogP contribution in [0.4, 0.5) is 17.5 Å². The number of nitrogens with one attached hydrogen (secondary N) is 3. The summed E-state index contributed by atoms with van der Waals surface area (Å²) in [6.07, 6.45) is 1.90. The van der Waals surface area contributed by atoms with E-state index < -0.39 is 0 Å². The molecule has 1 amide bonds. The molecule has 0 fully saturated rings. The number of hydrogen-bond acceptors (Lipinski definition) is 6. The van der Waals surface area contributed by atoms with Crippen LogP contribution in [0.5, 0.6) is 0 Å². The number of amides is 1. The zero-order valence-corrected chi connectivity index (χ0v) is 15.5. The number of carbonyl (C=O) groups is 1. The predicted octanol–water partition coefficient (Wildman–Crippen LogP) is 3.61. The number of aryl methyl sites for hydroxylation is 1. The Morgan fingerprint density at radius 1 is 1.19 bits per heavy atom. The molecule has 4 rings (SSSR count). The molecule has 4 aromatic rings. The van der Waals surface area contributed by atoms with Crippen molar-refractivity contribution in [2.75, 3.05) is 10.6 Å². The summed E-state index contributed by atoms with van der Waals surface area (Å²) in [6.45, 7) is 3.42. The maximum absolute atomic E-state index is 11.1. The Balaban J connectivity index is 1.61. The fraction of sp³-hybridized carbons (Fsp3) is 0.111. The largest absolute Gasteiger partial charge is 0.326 e. The van der Waals surface area contributed by atoms with Crippen LogP contribution < -0.4 is 10.6 Å². The summed E-state index contributed by atoms with van der Waals surface area (Å²) in [5.74, 6) is 1.23. The van der Waals surface area contributed by atoms with Gasteiger partial charge < -0.3 is 10.6 Å². The molecule has 0 aliphatic rings. The fourth-order valence-electron chi connectivity index (χ4n) is 2.55. The van der Waals surface area contributed by atoms with Crippen LogP contribution in [0.2, 0.25) is 0 Å². The van der Waals surface area contributed by atoms with Crippen molar-refractivity contribution in [3.05, 3.63) is 54.4 Å². The second-order valence-corrected chi connectivity index (χ2v) is 6.98. The van der Waals surface area contributed by atoms with Gasteiger partial charge in [-0.1, -0.05) is 0 Å². The molecule has 0 saturated carbocycles. The number of anilines is 3. The Hall–Kier alpha value is -3.33. The first-order valence-corrected chi connectivity index (χ1v) is 9.08. The lowest BCUT2D eigenvalue weighted by Crippen LogP contribution is -2.05. The molecule has 3 N–H and O–H groups in total. The highest BCUT2D eigenvalue weighted by atomic mass is 32.2. The molecular formula is C18H17N7OS. The monoisotopic (exact) mass is 379 g/mol. The number of benzene rings is 1. The van der Waals surface area contributed by atoms with Crippen LogP contribution in [0, 0.1) is 6.92 Å². The summed E-state index contributed by atoms with van der Waals surface area (Å²) in [4.78, 5) is 21.3. The summed E-state index contributed by atoms with van der Waals surface area (Å²) >= 11 is 1.45. The maximum atomic E-state index is 11.1. The summed E-state index contributed by atoms with van der Waals surface area (Å²) in [5.41, 5.74) is 2.51. The number of H-pyrrole nitrogens is 1. The van der Waals surface area contributed by atoms with Crippen molar-refractivity contribution in [1.29, 1.82) is 0 Å². The Kier molecular flexibility index (Phi) is 4.51. The van der Waals surface area contributed by atoms with E-state index in [1.807, 2.05) is 60.0 Å². The van der Waals surface area contributed by atoms with E-state index in [2.05, 4.69) is 30.8 Å². The molecule has 27 heavy (non-hydrogen) atoms. The smallest absolute Gasteiger partial charge is 0.221 e. The van der Waals surface area contributed by atoms with Crippen LogP contribution in [0.1, 0.15) is 12.6 Å². The van der Waals surface area contributed by atoms with E-state index in [0.29, 0.717) is 16.9 Å². The van der Waals surface area contributed by atoms with Crippen LogP contribution in [-0.4, -0.2) is 30.5 Å². The van der Waals surface area contributed by atoms with Crippen molar-refractivity contribution in [2.24, 2.45) is 0 Å². The average Bonchev–Trinajstić information content (AvgIpc) is 3.25. The standard InChI is InChI=1S/C18H17N7OS/c1-11-10-15(24-23-11)20-17-22-18(21-16-4-3-9-25(16)17)27-14-7-5-13(6-8-14)19-12(2)26/h3-10H,1-2H3,(H,19,26)(H2,20,21,22,23,24). The molecule has 3 aromatic heterocycles. The molecule has 0 aliphatic heterocycles. The van der Waals surface area contributed by atoms with Crippen LogP contribution >= 0.6 is 11.8 Å². The average molecular weight is 379 g/mol. The van der Waals surface area contributed by atoms with Crippen LogP contribution in [0.25, 0.3) is 5.65 Å². The quantitative estimate of drug-likeness (QED) is 0.490. The number of rotatable bonds is 5. The SMILES string of the molecule is CC(=O)Nc1ccc(Sc2nc(Nc3cc(C)[nH]n3)n3cccc3n2)cc1. The van der Waals surface area contributed by atoms with E-state index in [1.165, 1.54) is 18.7 Å². The third kappa shape index (κ3) is 3.93. The summed E-state index contributed by atoms with van der Waals surface area (Å²) in [7, 11) is 0. The second-order valence-electron chi connectivity index (χ2n) is 5.94. The van der Waals surface area contributed by atoms with Gasteiger partial charge in [-0.2, -0.15) is 10.1 Å². The van der Waals surface area contributed by atoms with Crippen molar-refractivity contribution in [2.45, 2.75) is 23.9 Å². The molecule has 3 heterocycles. The lowest BCUT2D eigenvalue weighted by molar-refractivity contribution is -0.114. The molecule has 0 bridgehead atoms. The fourth-order valence-corrected chi connectivity index (χ4v) is 3.31. The number of fused-ring (bicyclic) bond motifs is 1. The molecule has 0 atom stereocenters. The predicted molar refractivity (Wildman–Crippen MR) is 104 cm³/mol. The first-order valence-electron chi connectivity index (χ1n) is 8.26. The molecule has 0 saturated heterocycles. The van der Waals surface area contributed by atoms with Gasteiger partial charge in [0.2, 0.25) is 11.9 Å². The van der Waals surface area contributed by atoms with E-state index in [0.717, 1.165) is 21.9 Å². The van der Waals surface area contributed by atoms with Gasteiger partial charge in [-0.3, -0.25) is 14.3 Å². The summed E-state index contributed by atoms with van der Waals surface area (Å²) < 4.78 is 1.87. The molecule has 136 valence electrons. The van der Waals surface area contributed by atoms with Crippen molar-refractivity contribution in [3.63, 3.8) is 0 Å². The van der Waals surface area contributed by atoms with Gasteiger partial charge in [0.25, 0.3) is 0 Å². The number of hydrogen-bond donors (Lipinski definition) is 3. The van der Waals surface area contributed by atoms with Crippen molar-refractivity contribution >= 4 is 40.8 Å². The van der Waals surface area contributed by atoms with Gasteiger partial charge in [0.05, 0.1) is 0 Å². The van der Waals surface area contributed by atoms with Crippen LogP contribution in [0.3, 0.4) is 0 Å². The van der Waals surface area contributed by atoms with E-state index in [9.17, 15) is 4.79 Å². The third-order valence-electron chi connectivity index (χ3n) is 3.70. The minimum absolute atomic E-state index is 0.0956. The molecule has 1 aromatic carbocycles. The van der Waals surface area contributed by atoms with Crippen molar-refractivity contribution in [1.82, 2.24) is 24.6 Å². The van der Waals surface area contributed by atoms with Crippen LogP contribution in [-0.2, 0) is 4.79 Å². The number of nitrogens with zero attached hydrogens (tertiary/aromatic N) is 4. The van der Waals surface area contributed by atoms with Gasteiger partial charge in [-0.15, -0.1) is 0 Å². The highest BCUT2D eigenvalue weighted by molar-refractivity contribution is 7.99. The molecule has 0 radical (unpaired) electrons. The zero-order chi connectivity index (χ0) is 18.8. The molecule has 0 spiro atoms. The maximum Gasteiger partial charge on any atom is 0.221 e. The molecule has 0 aliphatic carbocycles. The van der Waals surface area contributed by atoms with Gasteiger partial charge in [-0.25, -0.2) is 4.98 Å². The highest BCUT2D eigenvalue weighted by Gasteiger charge is 2.10. The first-order chi connectivity index (χ1) is 13.1. The van der Waals surface area contributed by atoms with Gasteiger partial charge in [0.1, 0.15) is 5.65 Å². The highest BCUT2D eigenvalue weighted by Crippen LogP contribution is 2.28.